The average molecular weight is 326 g/mol. The van der Waals surface area contributed by atoms with E-state index in [1.165, 1.54) is 4.90 Å². The van der Waals surface area contributed by atoms with Crippen molar-refractivity contribution in [1.82, 2.24) is 15.5 Å². The minimum absolute atomic E-state index is 0.0132. The molecule has 6 nitrogen and oxygen atoms in total. The maximum Gasteiger partial charge on any atom is 0.223 e. The number of hydrogen-bond donors (Lipinski definition) is 2. The summed E-state index contributed by atoms with van der Waals surface area (Å²) in [6.07, 6.45) is 1.82. The number of hydrogen-bond acceptors (Lipinski definition) is 4. The van der Waals surface area contributed by atoms with Gasteiger partial charge in [-0.25, -0.2) is 4.39 Å². The van der Waals surface area contributed by atoms with E-state index in [2.05, 4.69) is 31.4 Å². The normalized spacial score (nSPS) is 23.5. The van der Waals surface area contributed by atoms with Crippen molar-refractivity contribution in [3.05, 3.63) is 0 Å². The van der Waals surface area contributed by atoms with Crippen LogP contribution in [0.15, 0.2) is 0 Å². The molecule has 0 aromatic heterocycles. The molecule has 23 heavy (non-hydrogen) atoms. The van der Waals surface area contributed by atoms with Gasteiger partial charge in [-0.05, 0) is 33.2 Å². The van der Waals surface area contributed by atoms with Crippen LogP contribution in [0, 0.1) is 17.2 Å². The highest BCUT2D eigenvalue weighted by atomic mass is 19.1. The molecule has 130 valence electrons. The highest BCUT2D eigenvalue weighted by Gasteiger charge is 2.31. The summed E-state index contributed by atoms with van der Waals surface area (Å²) in [4.78, 5) is 22.6. The molecule has 0 aromatic rings. The second-order valence-electron chi connectivity index (χ2n) is 6.69. The van der Waals surface area contributed by atoms with Crippen LogP contribution < -0.4 is 10.6 Å². The van der Waals surface area contributed by atoms with Crippen LogP contribution in [0.5, 0.6) is 0 Å². The highest BCUT2D eigenvalue weighted by molar-refractivity contribution is 5.80. The van der Waals surface area contributed by atoms with Gasteiger partial charge in [-0.3, -0.25) is 9.59 Å². The summed E-state index contributed by atoms with van der Waals surface area (Å²) < 4.78 is 12.4. The lowest BCUT2D eigenvalue weighted by Crippen LogP contribution is -2.49. The number of carbonyl (C=O) groups excluding carboxylic acids is 2. The molecule has 0 spiro atoms. The van der Waals surface area contributed by atoms with Gasteiger partial charge in [0, 0.05) is 24.4 Å². The Kier molecular flexibility index (Phi) is 7.43. The van der Waals surface area contributed by atoms with Crippen LogP contribution in [-0.4, -0.2) is 54.6 Å². The molecule has 2 aliphatic rings. The number of alkyl halides is 1. The molecule has 1 aliphatic heterocycles. The largest absolute Gasteiger partial charge is 0.354 e. The minimum Gasteiger partial charge on any atom is -0.354 e. The summed E-state index contributed by atoms with van der Waals surface area (Å²) in [5.74, 6) is 0.545. The number of likely N-dealkylation sites (tertiary alicyclic amines) is 1. The first kappa shape index (κ1) is 19.4. The van der Waals surface area contributed by atoms with Gasteiger partial charge in [-0.1, -0.05) is 6.92 Å². The van der Waals surface area contributed by atoms with Gasteiger partial charge >= 0.3 is 0 Å². The Morgan fingerprint density at radius 3 is 2.57 bits per heavy atom. The van der Waals surface area contributed by atoms with Crippen molar-refractivity contribution in [3.63, 3.8) is 0 Å². The van der Waals surface area contributed by atoms with Gasteiger partial charge in [0.05, 0.1) is 12.6 Å². The Morgan fingerprint density at radius 2 is 2.13 bits per heavy atom. The summed E-state index contributed by atoms with van der Waals surface area (Å²) >= 11 is 0. The van der Waals surface area contributed by atoms with Gasteiger partial charge in [-0.2, -0.15) is 5.26 Å². The predicted molar refractivity (Wildman–Crippen MR) is 85.2 cm³/mol. The molecule has 7 heteroatoms. The average Bonchev–Trinajstić information content (AvgIpc) is 3.28. The Labute approximate surface area is 137 Å². The Balaban J connectivity index is 0.000000238. The zero-order chi connectivity index (χ0) is 17.5. The number of likely N-dealkylation sites (N-methyl/N-ethyl adjacent to an activating group) is 1. The quantitative estimate of drug-likeness (QED) is 0.713. The Hall–Kier alpha value is -1.68. The molecule has 0 bridgehead atoms. The Morgan fingerprint density at radius 1 is 1.48 bits per heavy atom. The van der Waals surface area contributed by atoms with E-state index in [-0.39, 0.29) is 24.4 Å². The zero-order valence-electron chi connectivity index (χ0n) is 14.1. The standard InChI is InChI=1S/C10H20N2O.C6H7FN2O/c1-4-12-10(2,3)7-11-9(13)8-5-6-8;7-5-1-6(2-8)9(3-5)4-10/h8,12H,4-7H2,1-3H3,(H,11,13);4-6H,1,3H2. The van der Waals surface area contributed by atoms with Crippen LogP contribution in [0.3, 0.4) is 0 Å². The first-order chi connectivity index (χ1) is 10.8. The van der Waals surface area contributed by atoms with Gasteiger partial charge in [0.15, 0.2) is 0 Å². The van der Waals surface area contributed by atoms with Crippen molar-refractivity contribution in [2.75, 3.05) is 19.6 Å². The predicted octanol–water partition coefficient (Wildman–Crippen LogP) is 0.979. The summed E-state index contributed by atoms with van der Waals surface area (Å²) in [6, 6.07) is 1.30. The fraction of sp³-hybridized carbons (Fsp3) is 0.812. The number of amides is 2. The molecule has 1 heterocycles. The molecule has 0 radical (unpaired) electrons. The summed E-state index contributed by atoms with van der Waals surface area (Å²) in [5.41, 5.74) is 0.0132. The molecule has 2 N–H and O–H groups in total. The van der Waals surface area contributed by atoms with Crippen molar-refractivity contribution in [2.24, 2.45) is 5.92 Å². The van der Waals surface area contributed by atoms with Crippen molar-refractivity contribution in [3.8, 4) is 6.07 Å². The molecule has 1 saturated carbocycles. The molecule has 2 rings (SSSR count). The molecule has 1 aliphatic carbocycles. The van der Waals surface area contributed by atoms with E-state index in [1.807, 2.05) is 6.07 Å². The smallest absolute Gasteiger partial charge is 0.223 e. The molecule has 0 aromatic carbocycles. The number of carbonyl (C=O) groups is 2. The van der Waals surface area contributed by atoms with E-state index >= 15 is 0 Å². The third-order valence-corrected chi connectivity index (χ3v) is 3.88. The SMILES string of the molecule is CCNC(C)(C)CNC(=O)C1CC1.N#CC1CC(F)CN1C=O. The van der Waals surface area contributed by atoms with E-state index in [0.29, 0.717) is 12.3 Å². The summed E-state index contributed by atoms with van der Waals surface area (Å²) in [5, 5.41) is 14.7. The van der Waals surface area contributed by atoms with Crippen molar-refractivity contribution >= 4 is 12.3 Å². The summed E-state index contributed by atoms with van der Waals surface area (Å²) in [7, 11) is 0. The van der Waals surface area contributed by atoms with Crippen molar-refractivity contribution in [2.45, 2.75) is 57.8 Å². The van der Waals surface area contributed by atoms with E-state index in [0.717, 1.165) is 25.9 Å². The lowest BCUT2D eigenvalue weighted by Gasteiger charge is -2.25. The van der Waals surface area contributed by atoms with Crippen molar-refractivity contribution in [1.29, 1.82) is 5.26 Å². The molecule has 1 saturated heterocycles. The maximum absolute atomic E-state index is 12.4. The Bertz CT molecular complexity index is 446. The fourth-order valence-corrected chi connectivity index (χ4v) is 2.39. The molecular weight excluding hydrogens is 299 g/mol. The van der Waals surface area contributed by atoms with Gasteiger partial charge in [0.2, 0.25) is 12.3 Å². The van der Waals surface area contributed by atoms with Gasteiger partial charge < -0.3 is 15.5 Å². The lowest BCUT2D eigenvalue weighted by molar-refractivity contribution is -0.122. The minimum atomic E-state index is -1.02. The maximum atomic E-state index is 12.4. The molecule has 2 unspecified atom stereocenters. The third kappa shape index (κ3) is 6.95. The van der Waals surface area contributed by atoms with Crippen LogP contribution in [-0.2, 0) is 9.59 Å². The lowest BCUT2D eigenvalue weighted by atomic mass is 10.1. The third-order valence-electron chi connectivity index (χ3n) is 3.88. The van der Waals surface area contributed by atoms with E-state index in [9.17, 15) is 14.0 Å². The number of nitriles is 1. The van der Waals surface area contributed by atoms with Crippen LogP contribution >= 0.6 is 0 Å². The van der Waals surface area contributed by atoms with E-state index in [4.69, 9.17) is 5.26 Å². The topological polar surface area (TPSA) is 85.2 Å². The first-order valence-corrected chi connectivity index (χ1v) is 8.10. The number of halogens is 1. The molecular formula is C16H27FN4O2. The molecule has 2 atom stereocenters. The fourth-order valence-electron chi connectivity index (χ4n) is 2.39. The first-order valence-electron chi connectivity index (χ1n) is 8.10. The number of rotatable bonds is 6. The van der Waals surface area contributed by atoms with Gasteiger partial charge in [-0.15, -0.1) is 0 Å². The summed E-state index contributed by atoms with van der Waals surface area (Å²) in [6.45, 7) is 8.00. The van der Waals surface area contributed by atoms with Crippen LogP contribution in [0.25, 0.3) is 0 Å². The van der Waals surface area contributed by atoms with E-state index in [1.54, 1.807) is 0 Å². The van der Waals surface area contributed by atoms with Gasteiger partial charge in [0.25, 0.3) is 0 Å². The second kappa shape index (κ2) is 8.82. The van der Waals surface area contributed by atoms with Crippen LogP contribution in [0.2, 0.25) is 0 Å². The molecule has 2 amide bonds. The zero-order valence-corrected chi connectivity index (χ0v) is 14.1. The van der Waals surface area contributed by atoms with Crippen LogP contribution in [0.4, 0.5) is 4.39 Å². The number of nitrogens with one attached hydrogen (secondary N) is 2. The number of nitrogens with zero attached hydrogens (tertiary/aromatic N) is 2. The highest BCUT2D eigenvalue weighted by Crippen LogP contribution is 2.28. The second-order valence-corrected chi connectivity index (χ2v) is 6.69. The van der Waals surface area contributed by atoms with Crippen LogP contribution in [0.1, 0.15) is 40.0 Å². The van der Waals surface area contributed by atoms with Gasteiger partial charge in [0.1, 0.15) is 12.2 Å². The van der Waals surface area contributed by atoms with E-state index < -0.39 is 12.2 Å². The monoisotopic (exact) mass is 326 g/mol. The molecule has 2 fully saturated rings. The van der Waals surface area contributed by atoms with Crippen molar-refractivity contribution < 1.29 is 14.0 Å².